The van der Waals surface area contributed by atoms with Crippen LogP contribution in [0.3, 0.4) is 0 Å². The molecular weight excluding hydrogens is 441 g/mol. The van der Waals surface area contributed by atoms with E-state index in [4.69, 9.17) is 0 Å². The van der Waals surface area contributed by atoms with Gasteiger partial charge in [0.1, 0.15) is 5.82 Å². The molecule has 0 saturated heterocycles. The summed E-state index contributed by atoms with van der Waals surface area (Å²) >= 11 is 1.29. The standard InChI is InChI=1S/C25H22FN3O3S/c1-27-24(31)19-14-17(10-11-20(19)26)28-25(32)18-7-3-5-9-22(18)33-15-23(30)29-13-12-16-6-2-4-8-21(16)29/h2-11,14H,12-13,15H2,1H3,(H,27,31)(H,28,32). The second-order valence-corrected chi connectivity index (χ2v) is 8.45. The molecule has 6 nitrogen and oxygen atoms in total. The first-order valence-corrected chi connectivity index (χ1v) is 11.4. The van der Waals surface area contributed by atoms with Gasteiger partial charge in [-0.05, 0) is 48.4 Å². The van der Waals surface area contributed by atoms with Gasteiger partial charge >= 0.3 is 0 Å². The fourth-order valence-electron chi connectivity index (χ4n) is 3.70. The third-order valence-corrected chi connectivity index (χ3v) is 6.43. The van der Waals surface area contributed by atoms with Crippen LogP contribution in [0.25, 0.3) is 0 Å². The molecule has 0 radical (unpaired) electrons. The molecule has 33 heavy (non-hydrogen) atoms. The molecular formula is C25H22FN3O3S. The molecule has 2 N–H and O–H groups in total. The highest BCUT2D eigenvalue weighted by Crippen LogP contribution is 2.30. The van der Waals surface area contributed by atoms with E-state index >= 15 is 0 Å². The minimum absolute atomic E-state index is 0.0195. The van der Waals surface area contributed by atoms with Crippen LogP contribution in [0.15, 0.2) is 71.6 Å². The summed E-state index contributed by atoms with van der Waals surface area (Å²) < 4.78 is 13.9. The first-order chi connectivity index (χ1) is 16.0. The zero-order valence-electron chi connectivity index (χ0n) is 17.9. The molecule has 1 aliphatic heterocycles. The summed E-state index contributed by atoms with van der Waals surface area (Å²) in [6, 6.07) is 18.7. The van der Waals surface area contributed by atoms with Crippen LogP contribution >= 0.6 is 11.8 Å². The van der Waals surface area contributed by atoms with Crippen molar-refractivity contribution in [2.24, 2.45) is 0 Å². The normalized spacial score (nSPS) is 12.2. The molecule has 8 heteroatoms. The van der Waals surface area contributed by atoms with Crippen LogP contribution < -0.4 is 15.5 Å². The van der Waals surface area contributed by atoms with E-state index in [0.29, 0.717) is 22.7 Å². The van der Waals surface area contributed by atoms with Crippen LogP contribution in [0.5, 0.6) is 0 Å². The van der Waals surface area contributed by atoms with E-state index in [0.717, 1.165) is 23.7 Å². The lowest BCUT2D eigenvalue weighted by atomic mass is 10.1. The third-order valence-electron chi connectivity index (χ3n) is 5.37. The van der Waals surface area contributed by atoms with Crippen LogP contribution in [-0.2, 0) is 11.2 Å². The number of amides is 3. The van der Waals surface area contributed by atoms with Gasteiger partial charge in [0.05, 0.1) is 16.9 Å². The second-order valence-electron chi connectivity index (χ2n) is 7.44. The minimum Gasteiger partial charge on any atom is -0.355 e. The summed E-state index contributed by atoms with van der Waals surface area (Å²) in [6.45, 7) is 0.652. The zero-order valence-corrected chi connectivity index (χ0v) is 18.7. The topological polar surface area (TPSA) is 78.5 Å². The van der Waals surface area contributed by atoms with Gasteiger partial charge in [-0.25, -0.2) is 4.39 Å². The largest absolute Gasteiger partial charge is 0.355 e. The Morgan fingerprint density at radius 3 is 2.55 bits per heavy atom. The molecule has 0 unspecified atom stereocenters. The summed E-state index contributed by atoms with van der Waals surface area (Å²) in [5.74, 6) is -1.50. The number of fused-ring (bicyclic) bond motifs is 1. The van der Waals surface area contributed by atoms with Crippen LogP contribution in [0.4, 0.5) is 15.8 Å². The number of benzene rings is 3. The van der Waals surface area contributed by atoms with Gasteiger partial charge in [0.15, 0.2) is 0 Å². The van der Waals surface area contributed by atoms with Crippen LogP contribution in [0, 0.1) is 5.82 Å². The quantitative estimate of drug-likeness (QED) is 0.539. The summed E-state index contributed by atoms with van der Waals surface area (Å²) in [7, 11) is 1.41. The molecule has 0 atom stereocenters. The lowest BCUT2D eigenvalue weighted by Crippen LogP contribution is -2.30. The monoisotopic (exact) mass is 463 g/mol. The van der Waals surface area contributed by atoms with Crippen LogP contribution in [-0.4, -0.2) is 37.1 Å². The number of nitrogens with zero attached hydrogens (tertiary/aromatic N) is 1. The lowest BCUT2D eigenvalue weighted by molar-refractivity contribution is -0.116. The number of halogens is 1. The molecule has 0 fully saturated rings. The van der Waals surface area contributed by atoms with E-state index in [2.05, 4.69) is 10.6 Å². The predicted molar refractivity (Wildman–Crippen MR) is 127 cm³/mol. The van der Waals surface area contributed by atoms with Crippen molar-refractivity contribution in [1.82, 2.24) is 5.32 Å². The maximum absolute atomic E-state index is 13.9. The van der Waals surface area contributed by atoms with Crippen LogP contribution in [0.2, 0.25) is 0 Å². The third kappa shape index (κ3) is 4.90. The predicted octanol–water partition coefficient (Wildman–Crippen LogP) is 4.12. The molecule has 3 aromatic rings. The van der Waals surface area contributed by atoms with Gasteiger partial charge in [0, 0.05) is 29.9 Å². The Morgan fingerprint density at radius 2 is 1.73 bits per heavy atom. The molecule has 4 rings (SSSR count). The molecule has 0 spiro atoms. The molecule has 3 aromatic carbocycles. The Morgan fingerprint density at radius 1 is 0.970 bits per heavy atom. The second kappa shape index (κ2) is 9.87. The number of hydrogen-bond acceptors (Lipinski definition) is 4. The number of thioether (sulfide) groups is 1. The number of carbonyl (C=O) groups is 3. The maximum Gasteiger partial charge on any atom is 0.256 e. The molecule has 0 aliphatic carbocycles. The van der Waals surface area contributed by atoms with Crippen molar-refractivity contribution in [2.45, 2.75) is 11.3 Å². The SMILES string of the molecule is CNC(=O)c1cc(NC(=O)c2ccccc2SCC(=O)N2CCc3ccccc32)ccc1F. The van der Waals surface area contributed by atoms with Gasteiger partial charge in [0.2, 0.25) is 5.91 Å². The van der Waals surface area contributed by atoms with E-state index < -0.39 is 17.6 Å². The van der Waals surface area contributed by atoms with E-state index in [-0.39, 0.29) is 17.2 Å². The fraction of sp³-hybridized carbons (Fsp3) is 0.160. The van der Waals surface area contributed by atoms with Gasteiger partial charge < -0.3 is 15.5 Å². The van der Waals surface area contributed by atoms with Crippen molar-refractivity contribution >= 4 is 40.9 Å². The van der Waals surface area contributed by atoms with Crippen molar-refractivity contribution in [1.29, 1.82) is 0 Å². The lowest BCUT2D eigenvalue weighted by Gasteiger charge is -2.17. The molecule has 0 aromatic heterocycles. The Hall–Kier alpha value is -3.65. The number of anilines is 2. The van der Waals surface area contributed by atoms with Crippen molar-refractivity contribution in [3.05, 3.63) is 89.2 Å². The molecule has 1 aliphatic rings. The highest BCUT2D eigenvalue weighted by Gasteiger charge is 2.24. The Labute approximate surface area is 195 Å². The highest BCUT2D eigenvalue weighted by molar-refractivity contribution is 8.00. The van der Waals surface area contributed by atoms with Crippen molar-refractivity contribution < 1.29 is 18.8 Å². The number of nitrogens with one attached hydrogen (secondary N) is 2. The first-order valence-electron chi connectivity index (χ1n) is 10.4. The fourth-order valence-corrected chi connectivity index (χ4v) is 4.63. The Balaban J connectivity index is 1.46. The smallest absolute Gasteiger partial charge is 0.256 e. The first kappa shape index (κ1) is 22.5. The van der Waals surface area contributed by atoms with Crippen molar-refractivity contribution in [3.8, 4) is 0 Å². The number of hydrogen-bond donors (Lipinski definition) is 2. The van der Waals surface area contributed by atoms with Gasteiger partial charge in [-0.1, -0.05) is 30.3 Å². The van der Waals surface area contributed by atoms with Gasteiger partial charge in [0.25, 0.3) is 11.8 Å². The van der Waals surface area contributed by atoms with E-state index in [1.54, 1.807) is 29.2 Å². The van der Waals surface area contributed by atoms with Crippen molar-refractivity contribution in [2.75, 3.05) is 29.6 Å². The Bertz CT molecular complexity index is 1230. The molecule has 0 saturated carbocycles. The average Bonchev–Trinajstić information content (AvgIpc) is 3.27. The van der Waals surface area contributed by atoms with Gasteiger partial charge in [-0.2, -0.15) is 0 Å². The molecule has 1 heterocycles. The number of para-hydroxylation sites is 1. The van der Waals surface area contributed by atoms with Gasteiger partial charge in [-0.3, -0.25) is 14.4 Å². The summed E-state index contributed by atoms with van der Waals surface area (Å²) in [4.78, 5) is 40.0. The van der Waals surface area contributed by atoms with Crippen LogP contribution in [0.1, 0.15) is 26.3 Å². The average molecular weight is 464 g/mol. The van der Waals surface area contributed by atoms with Gasteiger partial charge in [-0.15, -0.1) is 11.8 Å². The highest BCUT2D eigenvalue weighted by atomic mass is 32.2. The molecule has 3 amide bonds. The summed E-state index contributed by atoms with van der Waals surface area (Å²) in [5, 5.41) is 5.08. The van der Waals surface area contributed by atoms with E-state index in [9.17, 15) is 18.8 Å². The molecule has 168 valence electrons. The van der Waals surface area contributed by atoms with E-state index in [1.807, 2.05) is 24.3 Å². The number of carbonyl (C=O) groups excluding carboxylic acids is 3. The number of rotatable bonds is 6. The van der Waals surface area contributed by atoms with Crippen molar-refractivity contribution in [3.63, 3.8) is 0 Å². The summed E-state index contributed by atoms with van der Waals surface area (Å²) in [5.41, 5.74) is 2.63. The minimum atomic E-state index is -0.676. The Kier molecular flexibility index (Phi) is 6.74. The summed E-state index contributed by atoms with van der Waals surface area (Å²) in [6.07, 6.45) is 0.835. The van der Waals surface area contributed by atoms with E-state index in [1.165, 1.54) is 30.9 Å². The molecule has 0 bridgehead atoms. The maximum atomic E-state index is 13.9. The zero-order chi connectivity index (χ0) is 23.4.